The summed E-state index contributed by atoms with van der Waals surface area (Å²) in [6, 6.07) is 5.29. The van der Waals surface area contributed by atoms with Crippen LogP contribution >= 0.6 is 0 Å². The Morgan fingerprint density at radius 2 is 2.11 bits per heavy atom. The highest BCUT2D eigenvalue weighted by Gasteiger charge is 2.21. The van der Waals surface area contributed by atoms with Gasteiger partial charge < -0.3 is 9.47 Å². The Morgan fingerprint density at radius 1 is 1.37 bits per heavy atom. The van der Waals surface area contributed by atoms with Crippen molar-refractivity contribution in [1.82, 2.24) is 0 Å². The minimum Gasteiger partial charge on any atom is -0.478 e. The molecule has 0 bridgehead atoms. The van der Waals surface area contributed by atoms with Crippen molar-refractivity contribution >= 4 is 12.3 Å². The van der Waals surface area contributed by atoms with Crippen molar-refractivity contribution in [3.63, 3.8) is 0 Å². The number of rotatable bonds is 7. The normalized spacial score (nSPS) is 11.7. The Balaban J connectivity index is 2.89. The van der Waals surface area contributed by atoms with E-state index in [0.717, 1.165) is 18.3 Å². The molecule has 1 aromatic rings. The van der Waals surface area contributed by atoms with E-state index in [0.29, 0.717) is 24.3 Å². The van der Waals surface area contributed by atoms with Crippen LogP contribution in [0.2, 0.25) is 0 Å². The van der Waals surface area contributed by atoms with Gasteiger partial charge >= 0.3 is 5.97 Å². The van der Waals surface area contributed by atoms with Gasteiger partial charge in [0, 0.05) is 0 Å². The average Bonchev–Trinajstić information content (AvgIpc) is 2.40. The van der Waals surface area contributed by atoms with Crippen LogP contribution in [0.1, 0.15) is 42.6 Å². The van der Waals surface area contributed by atoms with Crippen LogP contribution in [-0.4, -0.2) is 25.0 Å². The van der Waals surface area contributed by atoms with Crippen LogP contribution in [-0.2, 0) is 9.53 Å². The van der Waals surface area contributed by atoms with E-state index >= 15 is 0 Å². The number of ether oxygens (including phenoxy) is 2. The predicted octanol–water partition coefficient (Wildman–Crippen LogP) is 2.92. The third-order valence-corrected chi connectivity index (χ3v) is 2.66. The lowest BCUT2D eigenvalue weighted by Crippen LogP contribution is -2.29. The van der Waals surface area contributed by atoms with E-state index in [2.05, 4.69) is 0 Å². The third-order valence-electron chi connectivity index (χ3n) is 2.66. The Hall–Kier alpha value is -1.84. The summed E-state index contributed by atoms with van der Waals surface area (Å²) in [5.74, 6) is 0.0360. The monoisotopic (exact) mass is 264 g/mol. The molecule has 0 heterocycles. The maximum Gasteiger partial charge on any atom is 0.347 e. The van der Waals surface area contributed by atoms with Gasteiger partial charge in [-0.1, -0.05) is 25.0 Å². The molecule has 0 aliphatic rings. The summed E-state index contributed by atoms with van der Waals surface area (Å²) in [6.45, 7) is 5.93. The summed E-state index contributed by atoms with van der Waals surface area (Å²) in [4.78, 5) is 22.8. The molecule has 0 aromatic heterocycles. The molecule has 0 saturated carbocycles. The smallest absolute Gasteiger partial charge is 0.347 e. The van der Waals surface area contributed by atoms with Gasteiger partial charge in [-0.25, -0.2) is 4.79 Å². The van der Waals surface area contributed by atoms with Gasteiger partial charge in [-0.2, -0.15) is 0 Å². The molecule has 0 aliphatic heterocycles. The van der Waals surface area contributed by atoms with Crippen LogP contribution in [0.4, 0.5) is 0 Å². The van der Waals surface area contributed by atoms with Crippen LogP contribution in [0, 0.1) is 6.92 Å². The molecule has 0 spiro atoms. The summed E-state index contributed by atoms with van der Waals surface area (Å²) in [5, 5.41) is 0. The van der Waals surface area contributed by atoms with Crippen molar-refractivity contribution in [2.75, 3.05) is 6.61 Å². The largest absolute Gasteiger partial charge is 0.478 e. The van der Waals surface area contributed by atoms with Gasteiger partial charge in [0.05, 0.1) is 12.2 Å². The van der Waals surface area contributed by atoms with Crippen molar-refractivity contribution in [2.24, 2.45) is 0 Å². The van der Waals surface area contributed by atoms with Gasteiger partial charge in [0.1, 0.15) is 5.75 Å². The molecule has 1 aromatic carbocycles. The number of aldehydes is 1. The molecule has 19 heavy (non-hydrogen) atoms. The second kappa shape index (κ2) is 7.56. The molecule has 0 aliphatic carbocycles. The fourth-order valence-corrected chi connectivity index (χ4v) is 1.74. The Labute approximate surface area is 113 Å². The minimum absolute atomic E-state index is 0.316. The van der Waals surface area contributed by atoms with E-state index in [4.69, 9.17) is 9.47 Å². The molecule has 0 saturated heterocycles. The van der Waals surface area contributed by atoms with Gasteiger partial charge in [0.2, 0.25) is 0 Å². The first-order valence-electron chi connectivity index (χ1n) is 6.51. The molecule has 1 rings (SSSR count). The standard InChI is InChI=1S/C15H20O4/c1-4-6-14(15(17)18-5-2)19-13-8-7-11(3)9-12(13)10-16/h7-10,14H,4-6H2,1-3H3. The fourth-order valence-electron chi connectivity index (χ4n) is 1.74. The van der Waals surface area contributed by atoms with Crippen molar-refractivity contribution in [1.29, 1.82) is 0 Å². The predicted molar refractivity (Wildman–Crippen MR) is 72.5 cm³/mol. The number of aryl methyl sites for hydroxylation is 1. The average molecular weight is 264 g/mol. The van der Waals surface area contributed by atoms with Crippen LogP contribution < -0.4 is 4.74 Å². The highest BCUT2D eigenvalue weighted by molar-refractivity contribution is 5.80. The molecular weight excluding hydrogens is 244 g/mol. The van der Waals surface area contributed by atoms with Gasteiger partial charge in [-0.15, -0.1) is 0 Å². The second-order valence-electron chi connectivity index (χ2n) is 4.31. The zero-order valence-electron chi connectivity index (χ0n) is 11.6. The number of esters is 1. The molecule has 1 atom stereocenters. The number of hydrogen-bond donors (Lipinski definition) is 0. The lowest BCUT2D eigenvalue weighted by Gasteiger charge is -2.18. The second-order valence-corrected chi connectivity index (χ2v) is 4.31. The maximum atomic E-state index is 11.8. The molecule has 4 heteroatoms. The number of hydrogen-bond acceptors (Lipinski definition) is 4. The minimum atomic E-state index is -0.661. The zero-order chi connectivity index (χ0) is 14.3. The lowest BCUT2D eigenvalue weighted by atomic mass is 10.1. The van der Waals surface area contributed by atoms with Gasteiger partial charge in [0.15, 0.2) is 12.4 Å². The van der Waals surface area contributed by atoms with E-state index in [1.165, 1.54) is 0 Å². The summed E-state index contributed by atoms with van der Waals surface area (Å²) >= 11 is 0. The third kappa shape index (κ3) is 4.39. The molecule has 0 N–H and O–H groups in total. The van der Waals surface area contributed by atoms with E-state index in [9.17, 15) is 9.59 Å². The van der Waals surface area contributed by atoms with E-state index in [1.807, 2.05) is 19.9 Å². The van der Waals surface area contributed by atoms with Crippen molar-refractivity contribution < 1.29 is 19.1 Å². The molecule has 4 nitrogen and oxygen atoms in total. The molecule has 0 fully saturated rings. The first kappa shape index (κ1) is 15.2. The first-order chi connectivity index (χ1) is 9.12. The van der Waals surface area contributed by atoms with Crippen molar-refractivity contribution in [3.8, 4) is 5.75 Å². The van der Waals surface area contributed by atoms with E-state index in [1.54, 1.807) is 19.1 Å². The van der Waals surface area contributed by atoms with Gasteiger partial charge in [-0.05, 0) is 32.4 Å². The summed E-state index contributed by atoms with van der Waals surface area (Å²) in [7, 11) is 0. The molecule has 0 amide bonds. The summed E-state index contributed by atoms with van der Waals surface area (Å²) < 4.78 is 10.6. The fraction of sp³-hybridized carbons (Fsp3) is 0.467. The molecule has 1 unspecified atom stereocenters. The zero-order valence-corrected chi connectivity index (χ0v) is 11.6. The molecular formula is C15H20O4. The molecule has 104 valence electrons. The number of carbonyl (C=O) groups is 2. The van der Waals surface area contributed by atoms with Gasteiger partial charge in [0.25, 0.3) is 0 Å². The lowest BCUT2D eigenvalue weighted by molar-refractivity contribution is -0.151. The quantitative estimate of drug-likeness (QED) is 0.561. The SMILES string of the molecule is CCCC(Oc1ccc(C)cc1C=O)C(=O)OCC. The summed E-state index contributed by atoms with van der Waals surface area (Å²) in [6.07, 6.45) is 1.43. The van der Waals surface area contributed by atoms with Crippen LogP contribution in [0.25, 0.3) is 0 Å². The Morgan fingerprint density at radius 3 is 2.68 bits per heavy atom. The number of benzene rings is 1. The van der Waals surface area contributed by atoms with Crippen LogP contribution in [0.5, 0.6) is 5.75 Å². The van der Waals surface area contributed by atoms with Crippen molar-refractivity contribution in [3.05, 3.63) is 29.3 Å². The van der Waals surface area contributed by atoms with Crippen LogP contribution in [0.3, 0.4) is 0 Å². The highest BCUT2D eigenvalue weighted by Crippen LogP contribution is 2.21. The first-order valence-corrected chi connectivity index (χ1v) is 6.51. The Kier molecular flexibility index (Phi) is 6.06. The maximum absolute atomic E-state index is 11.8. The number of carbonyl (C=O) groups excluding carboxylic acids is 2. The van der Waals surface area contributed by atoms with Crippen molar-refractivity contribution in [2.45, 2.75) is 39.7 Å². The highest BCUT2D eigenvalue weighted by atomic mass is 16.6. The Bertz CT molecular complexity index is 440. The van der Waals surface area contributed by atoms with Crippen LogP contribution in [0.15, 0.2) is 18.2 Å². The summed E-state index contributed by atoms with van der Waals surface area (Å²) in [5.41, 5.74) is 1.42. The topological polar surface area (TPSA) is 52.6 Å². The molecule has 0 radical (unpaired) electrons. The van der Waals surface area contributed by atoms with E-state index in [-0.39, 0.29) is 5.97 Å². The van der Waals surface area contributed by atoms with E-state index < -0.39 is 6.10 Å². The van der Waals surface area contributed by atoms with Gasteiger partial charge in [-0.3, -0.25) is 4.79 Å².